The third-order valence-electron chi connectivity index (χ3n) is 2.88. The van der Waals surface area contributed by atoms with Crippen LogP contribution >= 0.6 is 0 Å². The summed E-state index contributed by atoms with van der Waals surface area (Å²) < 4.78 is 28.4. The molecule has 8 nitrogen and oxygen atoms in total. The Morgan fingerprint density at radius 2 is 1.86 bits per heavy atom. The highest BCUT2D eigenvalue weighted by Crippen LogP contribution is 2.15. The number of hydrogen-bond donors (Lipinski definition) is 1. The fourth-order valence-electron chi connectivity index (χ4n) is 1.77. The quantitative estimate of drug-likeness (QED) is 0.775. The summed E-state index contributed by atoms with van der Waals surface area (Å²) in [5, 5.41) is 3.93. The van der Waals surface area contributed by atoms with Gasteiger partial charge in [0.15, 0.2) is 5.82 Å². The number of rotatable bonds is 4. The lowest BCUT2D eigenvalue weighted by molar-refractivity contribution is 0.601. The summed E-state index contributed by atoms with van der Waals surface area (Å²) in [6.07, 6.45) is 4.07. The Morgan fingerprint density at radius 3 is 2.55 bits per heavy atom. The lowest BCUT2D eigenvalue weighted by atomic mass is 10.2. The molecule has 0 radical (unpaired) electrons. The van der Waals surface area contributed by atoms with E-state index >= 15 is 0 Å². The second-order valence-corrected chi connectivity index (χ2v) is 6.20. The first-order valence-corrected chi connectivity index (χ1v) is 7.79. The Bertz CT molecular complexity index is 875. The molecule has 2 aromatic heterocycles. The first-order chi connectivity index (χ1) is 10.5. The number of aryl methyl sites for hydroxylation is 1. The minimum atomic E-state index is -3.70. The van der Waals surface area contributed by atoms with Gasteiger partial charge in [-0.05, 0) is 19.1 Å². The highest BCUT2D eigenvalue weighted by molar-refractivity contribution is 7.92. The maximum Gasteiger partial charge on any atom is 0.263 e. The van der Waals surface area contributed by atoms with Crippen molar-refractivity contribution in [3.8, 4) is 5.82 Å². The van der Waals surface area contributed by atoms with Gasteiger partial charge in [0.05, 0.1) is 4.90 Å². The van der Waals surface area contributed by atoms with Gasteiger partial charge in [-0.15, -0.1) is 0 Å². The molecule has 112 valence electrons. The smallest absolute Gasteiger partial charge is 0.263 e. The zero-order valence-corrected chi connectivity index (χ0v) is 12.4. The minimum absolute atomic E-state index is 0.154. The fraction of sp³-hybridized carbons (Fsp3) is 0.0769. The molecule has 0 unspecified atom stereocenters. The van der Waals surface area contributed by atoms with Crippen LogP contribution in [0, 0.1) is 6.92 Å². The number of benzene rings is 1. The summed E-state index contributed by atoms with van der Waals surface area (Å²) in [6.45, 7) is 1.89. The fourth-order valence-corrected chi connectivity index (χ4v) is 2.77. The van der Waals surface area contributed by atoms with Crippen molar-refractivity contribution in [3.63, 3.8) is 0 Å². The van der Waals surface area contributed by atoms with Crippen molar-refractivity contribution >= 4 is 15.8 Å². The molecule has 0 aliphatic carbocycles. The number of hydrogen-bond acceptors (Lipinski definition) is 6. The van der Waals surface area contributed by atoms with Crippen molar-refractivity contribution in [1.82, 2.24) is 24.7 Å². The van der Waals surface area contributed by atoms with E-state index < -0.39 is 10.0 Å². The van der Waals surface area contributed by atoms with Crippen LogP contribution in [0.25, 0.3) is 5.82 Å². The summed E-state index contributed by atoms with van der Waals surface area (Å²) in [5.41, 5.74) is 0.981. The molecule has 3 rings (SSSR count). The predicted molar refractivity (Wildman–Crippen MR) is 78.9 cm³/mol. The number of sulfonamides is 1. The van der Waals surface area contributed by atoms with Gasteiger partial charge in [0.25, 0.3) is 10.0 Å². The van der Waals surface area contributed by atoms with Gasteiger partial charge in [-0.2, -0.15) is 5.10 Å². The highest BCUT2D eigenvalue weighted by atomic mass is 32.2. The van der Waals surface area contributed by atoms with Gasteiger partial charge in [-0.3, -0.25) is 4.72 Å². The van der Waals surface area contributed by atoms with Crippen LogP contribution in [-0.4, -0.2) is 33.2 Å². The molecule has 9 heteroatoms. The largest absolute Gasteiger partial charge is 0.263 e. The van der Waals surface area contributed by atoms with Crippen molar-refractivity contribution in [2.75, 3.05) is 4.72 Å². The SMILES string of the molecule is Cc1ccc(S(=O)(=O)Nc2cc(-n3cncn3)ncn2)cc1. The number of aromatic nitrogens is 5. The second-order valence-electron chi connectivity index (χ2n) is 4.52. The van der Waals surface area contributed by atoms with Crippen LogP contribution in [0.4, 0.5) is 5.82 Å². The molecule has 0 spiro atoms. The molecule has 0 aliphatic heterocycles. The lowest BCUT2D eigenvalue weighted by Crippen LogP contribution is -2.14. The molecular weight excluding hydrogens is 304 g/mol. The van der Waals surface area contributed by atoms with E-state index in [0.717, 1.165) is 5.56 Å². The van der Waals surface area contributed by atoms with E-state index in [0.29, 0.717) is 5.82 Å². The molecule has 1 aromatic carbocycles. The van der Waals surface area contributed by atoms with E-state index in [1.807, 2.05) is 6.92 Å². The topological polar surface area (TPSA) is 103 Å². The molecule has 0 atom stereocenters. The monoisotopic (exact) mass is 316 g/mol. The molecule has 2 heterocycles. The molecule has 22 heavy (non-hydrogen) atoms. The summed E-state index contributed by atoms with van der Waals surface area (Å²) in [5.74, 6) is 0.565. The number of nitrogens with zero attached hydrogens (tertiary/aromatic N) is 5. The van der Waals surface area contributed by atoms with Gasteiger partial charge < -0.3 is 0 Å². The zero-order chi connectivity index (χ0) is 15.6. The van der Waals surface area contributed by atoms with Crippen LogP contribution in [0.3, 0.4) is 0 Å². The maximum absolute atomic E-state index is 12.3. The van der Waals surface area contributed by atoms with E-state index in [9.17, 15) is 8.42 Å². The third kappa shape index (κ3) is 2.93. The van der Waals surface area contributed by atoms with Crippen LogP contribution in [-0.2, 0) is 10.0 Å². The highest BCUT2D eigenvalue weighted by Gasteiger charge is 2.15. The van der Waals surface area contributed by atoms with Crippen LogP contribution in [0.2, 0.25) is 0 Å². The van der Waals surface area contributed by atoms with E-state index in [1.165, 1.54) is 41.9 Å². The molecule has 0 aliphatic rings. The van der Waals surface area contributed by atoms with Crippen LogP contribution in [0.15, 0.2) is 54.2 Å². The van der Waals surface area contributed by atoms with Crippen molar-refractivity contribution in [1.29, 1.82) is 0 Å². The Balaban J connectivity index is 1.89. The summed E-state index contributed by atoms with van der Waals surface area (Å²) in [6, 6.07) is 8.01. The second kappa shape index (κ2) is 5.53. The van der Waals surface area contributed by atoms with E-state index in [2.05, 4.69) is 24.8 Å². The molecule has 0 fully saturated rings. The molecule has 1 N–H and O–H groups in total. The van der Waals surface area contributed by atoms with Crippen molar-refractivity contribution in [2.45, 2.75) is 11.8 Å². The van der Waals surface area contributed by atoms with E-state index in [1.54, 1.807) is 12.1 Å². The van der Waals surface area contributed by atoms with Gasteiger partial charge in [-0.25, -0.2) is 28.1 Å². The Morgan fingerprint density at radius 1 is 1.09 bits per heavy atom. The van der Waals surface area contributed by atoms with Gasteiger partial charge in [0, 0.05) is 6.07 Å². The van der Waals surface area contributed by atoms with Gasteiger partial charge in [0.2, 0.25) is 0 Å². The average molecular weight is 316 g/mol. The van der Waals surface area contributed by atoms with Crippen LogP contribution < -0.4 is 4.72 Å². The van der Waals surface area contributed by atoms with Crippen molar-refractivity contribution in [2.24, 2.45) is 0 Å². The summed E-state index contributed by atoms with van der Waals surface area (Å²) >= 11 is 0. The zero-order valence-electron chi connectivity index (χ0n) is 11.6. The van der Waals surface area contributed by atoms with E-state index in [4.69, 9.17) is 0 Å². The van der Waals surface area contributed by atoms with Gasteiger partial charge in [-0.1, -0.05) is 17.7 Å². The Kier molecular flexibility index (Phi) is 3.55. The standard InChI is InChI=1S/C13H12N6O2S/c1-10-2-4-11(5-3-10)22(20,21)18-12-6-13(16-8-15-12)19-9-14-7-17-19/h2-9H,1H3,(H,15,16,18). The first-order valence-electron chi connectivity index (χ1n) is 6.31. The lowest BCUT2D eigenvalue weighted by Gasteiger charge is -2.08. The first kappa shape index (κ1) is 14.1. The number of nitrogens with one attached hydrogen (secondary N) is 1. The summed E-state index contributed by atoms with van der Waals surface area (Å²) in [7, 11) is -3.70. The van der Waals surface area contributed by atoms with Crippen LogP contribution in [0.1, 0.15) is 5.56 Å². The average Bonchev–Trinajstić information content (AvgIpc) is 3.02. The van der Waals surface area contributed by atoms with Crippen molar-refractivity contribution < 1.29 is 8.42 Å². The van der Waals surface area contributed by atoms with Gasteiger partial charge >= 0.3 is 0 Å². The van der Waals surface area contributed by atoms with Crippen molar-refractivity contribution in [3.05, 3.63) is 54.9 Å². The van der Waals surface area contributed by atoms with Crippen LogP contribution in [0.5, 0.6) is 0 Å². The van der Waals surface area contributed by atoms with E-state index in [-0.39, 0.29) is 10.7 Å². The molecule has 0 saturated carbocycles. The number of anilines is 1. The molecule has 0 amide bonds. The molecule has 3 aromatic rings. The van der Waals surface area contributed by atoms with Gasteiger partial charge in [0.1, 0.15) is 24.8 Å². The molecule has 0 bridgehead atoms. The predicted octanol–water partition coefficient (Wildman–Crippen LogP) is 1.17. The minimum Gasteiger partial charge on any atom is -0.263 e. The molecular formula is C13H12N6O2S. The normalized spacial score (nSPS) is 11.3. The molecule has 0 saturated heterocycles. The Hall–Kier alpha value is -2.81. The summed E-state index contributed by atoms with van der Waals surface area (Å²) in [4.78, 5) is 11.9. The third-order valence-corrected chi connectivity index (χ3v) is 4.25. The Labute approximate surface area is 126 Å². The maximum atomic E-state index is 12.3.